The lowest BCUT2D eigenvalue weighted by Crippen LogP contribution is -2.16. The van der Waals surface area contributed by atoms with Crippen molar-refractivity contribution >= 4 is 60.7 Å². The van der Waals surface area contributed by atoms with Crippen molar-refractivity contribution in [3.8, 4) is 22.5 Å². The van der Waals surface area contributed by atoms with E-state index in [1.54, 1.807) is 12.1 Å². The van der Waals surface area contributed by atoms with Gasteiger partial charge in [0.1, 0.15) is 5.82 Å². The van der Waals surface area contributed by atoms with Gasteiger partial charge in [-0.3, -0.25) is 0 Å². The second kappa shape index (κ2) is 11.8. The van der Waals surface area contributed by atoms with Gasteiger partial charge in [-0.2, -0.15) is 0 Å². The highest BCUT2D eigenvalue weighted by Gasteiger charge is 2.37. The molecule has 1 aliphatic rings. The Balaban J connectivity index is 1.22. The molecule has 2 aromatic heterocycles. The quantitative estimate of drug-likeness (QED) is 0.173. The molecule has 0 bridgehead atoms. The summed E-state index contributed by atoms with van der Waals surface area (Å²) in [4.78, 5) is 2.44. The first kappa shape index (κ1) is 31.6. The molecule has 0 saturated carbocycles. The van der Waals surface area contributed by atoms with Crippen LogP contribution in [0.15, 0.2) is 182 Å². The van der Waals surface area contributed by atoms with Crippen LogP contribution < -0.4 is 4.90 Å². The summed E-state index contributed by atoms with van der Waals surface area (Å²) >= 11 is 0. The monoisotopic (exact) mass is 709 g/mol. The second-order valence-electron chi connectivity index (χ2n) is 15.1. The van der Waals surface area contributed by atoms with Gasteiger partial charge in [-0.15, -0.1) is 0 Å². The molecule has 0 saturated heterocycles. The van der Waals surface area contributed by atoms with Crippen LogP contribution in [0.3, 0.4) is 0 Å². The van der Waals surface area contributed by atoms with E-state index in [1.165, 1.54) is 38.5 Å². The third-order valence-corrected chi connectivity index (χ3v) is 11.8. The van der Waals surface area contributed by atoms with Crippen molar-refractivity contribution in [1.29, 1.82) is 0 Å². The number of hydrogen-bond acceptors (Lipinski definition) is 1. The number of para-hydroxylation sites is 3. The summed E-state index contributed by atoms with van der Waals surface area (Å²) in [6, 6.07) is 64.0. The summed E-state index contributed by atoms with van der Waals surface area (Å²) in [5.41, 5.74) is 14.8. The van der Waals surface area contributed by atoms with E-state index in [4.69, 9.17) is 0 Å². The van der Waals surface area contributed by atoms with Crippen LogP contribution >= 0.6 is 0 Å². The predicted molar refractivity (Wildman–Crippen MR) is 227 cm³/mol. The minimum Gasteiger partial charge on any atom is -0.310 e. The molecule has 11 rings (SSSR count). The van der Waals surface area contributed by atoms with Gasteiger partial charge in [0, 0.05) is 55.3 Å². The van der Waals surface area contributed by atoms with Gasteiger partial charge in [0.25, 0.3) is 0 Å². The fourth-order valence-electron chi connectivity index (χ4n) is 9.27. The van der Waals surface area contributed by atoms with Gasteiger partial charge in [0.05, 0.1) is 27.8 Å². The largest absolute Gasteiger partial charge is 0.310 e. The van der Waals surface area contributed by atoms with Crippen molar-refractivity contribution in [3.05, 3.63) is 199 Å². The fourth-order valence-corrected chi connectivity index (χ4v) is 9.27. The zero-order valence-corrected chi connectivity index (χ0v) is 30.5. The van der Waals surface area contributed by atoms with Crippen LogP contribution in [0, 0.1) is 5.82 Å². The Labute approximate surface area is 318 Å². The van der Waals surface area contributed by atoms with Crippen molar-refractivity contribution in [2.24, 2.45) is 0 Å². The smallest absolute Gasteiger partial charge is 0.123 e. The van der Waals surface area contributed by atoms with Crippen molar-refractivity contribution in [3.63, 3.8) is 0 Å². The lowest BCUT2D eigenvalue weighted by atomic mass is 9.82. The first-order valence-corrected chi connectivity index (χ1v) is 18.9. The molecule has 4 heteroatoms. The first-order valence-electron chi connectivity index (χ1n) is 18.9. The minimum absolute atomic E-state index is 0.153. The molecule has 55 heavy (non-hydrogen) atoms. The van der Waals surface area contributed by atoms with Gasteiger partial charge in [0.2, 0.25) is 0 Å². The molecule has 0 atom stereocenters. The van der Waals surface area contributed by atoms with E-state index in [9.17, 15) is 4.39 Å². The lowest BCUT2D eigenvalue weighted by Gasteiger charge is -2.29. The SMILES string of the molecule is CC1(C)c2ccccc2-c2c(N(c3ccc4c(c3)c3ccccc3n4-c3ccccc3)c3ccc4c5ccccc5n(-c5ccc(F)cc5)c4c3)cccc21. The zero-order chi connectivity index (χ0) is 36.8. The van der Waals surface area contributed by atoms with E-state index in [0.29, 0.717) is 0 Å². The molecule has 0 unspecified atom stereocenters. The third kappa shape index (κ3) is 4.61. The van der Waals surface area contributed by atoms with Gasteiger partial charge in [-0.05, 0) is 102 Å². The van der Waals surface area contributed by atoms with E-state index in [2.05, 4.69) is 186 Å². The summed E-state index contributed by atoms with van der Waals surface area (Å²) in [6.07, 6.45) is 0. The molecule has 8 aromatic carbocycles. The van der Waals surface area contributed by atoms with Gasteiger partial charge < -0.3 is 14.0 Å². The Hall–Kier alpha value is -6.91. The number of benzene rings is 8. The minimum atomic E-state index is -0.249. The molecule has 0 amide bonds. The van der Waals surface area contributed by atoms with E-state index >= 15 is 0 Å². The number of aromatic nitrogens is 2. The molecule has 0 N–H and O–H groups in total. The third-order valence-electron chi connectivity index (χ3n) is 11.8. The summed E-state index contributed by atoms with van der Waals surface area (Å²) in [7, 11) is 0. The molecule has 0 radical (unpaired) electrons. The lowest BCUT2D eigenvalue weighted by molar-refractivity contribution is 0.627. The molecule has 3 nitrogen and oxygen atoms in total. The molecule has 0 fully saturated rings. The molecule has 0 aliphatic heterocycles. The average molecular weight is 710 g/mol. The standard InChI is InChI=1S/C51H36FN3/c1-51(2)43-18-9-6-17-41(43)50-44(51)19-12-22-48(50)53(36-28-30-47-42(31-36)39-16-8-11-21-46(39)54(47)34-13-4-3-5-14-34)37-27-29-40-38-15-7-10-20-45(38)55(49(40)32-37)35-25-23-33(52)24-26-35/h3-32H,1-2H3. The van der Waals surface area contributed by atoms with Crippen LogP contribution in [0.2, 0.25) is 0 Å². The number of fused-ring (bicyclic) bond motifs is 9. The maximum Gasteiger partial charge on any atom is 0.123 e. The average Bonchev–Trinajstić information content (AvgIpc) is 3.82. The first-order chi connectivity index (χ1) is 27.0. The summed E-state index contributed by atoms with van der Waals surface area (Å²) < 4.78 is 18.9. The van der Waals surface area contributed by atoms with Gasteiger partial charge in [0.15, 0.2) is 0 Å². The fraction of sp³-hybridized carbons (Fsp3) is 0.0588. The number of anilines is 3. The molecule has 10 aromatic rings. The summed E-state index contributed by atoms with van der Waals surface area (Å²) in [6.45, 7) is 4.67. The number of halogens is 1. The van der Waals surface area contributed by atoms with E-state index < -0.39 is 0 Å². The molecule has 2 heterocycles. The molecular weight excluding hydrogens is 674 g/mol. The van der Waals surface area contributed by atoms with Crippen molar-refractivity contribution in [2.75, 3.05) is 4.90 Å². The topological polar surface area (TPSA) is 13.1 Å². The maximum absolute atomic E-state index is 14.3. The van der Waals surface area contributed by atoms with Gasteiger partial charge in [-0.1, -0.05) is 111 Å². The zero-order valence-electron chi connectivity index (χ0n) is 30.5. The van der Waals surface area contributed by atoms with Crippen LogP contribution in [0.4, 0.5) is 21.5 Å². The Kier molecular flexibility index (Phi) is 6.78. The summed E-state index contributed by atoms with van der Waals surface area (Å²) in [5, 5.41) is 4.71. The Bertz CT molecular complexity index is 3130. The van der Waals surface area contributed by atoms with E-state index in [1.807, 2.05) is 12.1 Å². The highest BCUT2D eigenvalue weighted by atomic mass is 19.1. The normalized spacial score (nSPS) is 13.1. The second-order valence-corrected chi connectivity index (χ2v) is 15.1. The summed E-state index contributed by atoms with van der Waals surface area (Å²) in [5.74, 6) is -0.249. The Morgan fingerprint density at radius 3 is 1.78 bits per heavy atom. The maximum atomic E-state index is 14.3. The molecule has 1 aliphatic carbocycles. The van der Waals surface area contributed by atoms with Gasteiger partial charge in [-0.25, -0.2) is 4.39 Å². The van der Waals surface area contributed by atoms with Crippen LogP contribution in [0.5, 0.6) is 0 Å². The Morgan fingerprint density at radius 1 is 0.436 bits per heavy atom. The van der Waals surface area contributed by atoms with Crippen molar-refractivity contribution < 1.29 is 4.39 Å². The van der Waals surface area contributed by atoms with Crippen LogP contribution in [0.25, 0.3) is 66.1 Å². The van der Waals surface area contributed by atoms with E-state index in [-0.39, 0.29) is 11.2 Å². The predicted octanol–water partition coefficient (Wildman–Crippen LogP) is 13.8. The molecule has 262 valence electrons. The van der Waals surface area contributed by atoms with Crippen molar-refractivity contribution in [2.45, 2.75) is 19.3 Å². The Morgan fingerprint density at radius 2 is 1.00 bits per heavy atom. The number of nitrogens with zero attached hydrogens (tertiary/aromatic N) is 3. The molecular formula is C51H36FN3. The molecule has 0 spiro atoms. The highest BCUT2D eigenvalue weighted by Crippen LogP contribution is 2.54. The number of rotatable bonds is 5. The van der Waals surface area contributed by atoms with Crippen LogP contribution in [-0.2, 0) is 5.41 Å². The van der Waals surface area contributed by atoms with Gasteiger partial charge >= 0.3 is 0 Å². The highest BCUT2D eigenvalue weighted by molar-refractivity contribution is 6.12. The van der Waals surface area contributed by atoms with Crippen LogP contribution in [-0.4, -0.2) is 9.13 Å². The van der Waals surface area contributed by atoms with E-state index in [0.717, 1.165) is 55.8 Å². The van der Waals surface area contributed by atoms with Crippen LogP contribution in [0.1, 0.15) is 25.0 Å². The number of hydrogen-bond donors (Lipinski definition) is 0. The van der Waals surface area contributed by atoms with Crippen molar-refractivity contribution in [1.82, 2.24) is 9.13 Å².